The number of aromatic nitrogens is 2. The van der Waals surface area contributed by atoms with Gasteiger partial charge in [-0.1, -0.05) is 24.3 Å². The third-order valence-corrected chi connectivity index (χ3v) is 4.51. The predicted octanol–water partition coefficient (Wildman–Crippen LogP) is 2.95. The van der Waals surface area contributed by atoms with Gasteiger partial charge in [-0.15, -0.1) is 0 Å². The number of fused-ring (bicyclic) bond motifs is 3. The van der Waals surface area contributed by atoms with Gasteiger partial charge in [0.1, 0.15) is 11.4 Å². The first-order chi connectivity index (χ1) is 12.8. The normalized spacial score (nSPS) is 12.5. The minimum absolute atomic E-state index is 0.289. The quantitative estimate of drug-likeness (QED) is 0.563. The van der Waals surface area contributed by atoms with Crippen LogP contribution in [-0.2, 0) is 12.8 Å². The minimum Gasteiger partial charge on any atom is -0.497 e. The Morgan fingerprint density at radius 3 is 2.81 bits per heavy atom. The lowest BCUT2D eigenvalue weighted by Crippen LogP contribution is -2.20. The summed E-state index contributed by atoms with van der Waals surface area (Å²) >= 11 is 0. The first-order valence-corrected chi connectivity index (χ1v) is 8.39. The number of methoxy groups -OCH3 is 1. The number of benzene rings is 2. The summed E-state index contributed by atoms with van der Waals surface area (Å²) in [6, 6.07) is 15.6. The van der Waals surface area contributed by atoms with Crippen molar-refractivity contribution in [3.63, 3.8) is 0 Å². The number of rotatable bonds is 4. The molecule has 2 aromatic carbocycles. The molecule has 1 aromatic heterocycles. The van der Waals surface area contributed by atoms with Gasteiger partial charge in [0, 0.05) is 11.1 Å². The molecule has 26 heavy (non-hydrogen) atoms. The van der Waals surface area contributed by atoms with Crippen LogP contribution in [0.25, 0.3) is 11.3 Å². The van der Waals surface area contributed by atoms with Gasteiger partial charge in [0.2, 0.25) is 0 Å². The van der Waals surface area contributed by atoms with E-state index < -0.39 is 0 Å². The van der Waals surface area contributed by atoms with Crippen molar-refractivity contribution in [1.82, 2.24) is 15.6 Å². The van der Waals surface area contributed by atoms with Crippen molar-refractivity contribution >= 4 is 12.1 Å². The fourth-order valence-electron chi connectivity index (χ4n) is 3.16. The van der Waals surface area contributed by atoms with Crippen LogP contribution >= 0.6 is 0 Å². The SMILES string of the molecule is COc1ccc(/C=N\NC(=O)c2[nH]nc3c2CCc2ccccc2-3)cc1. The average Bonchev–Trinajstić information content (AvgIpc) is 3.13. The molecule has 0 saturated carbocycles. The van der Waals surface area contributed by atoms with Crippen LogP contribution in [0.3, 0.4) is 0 Å². The van der Waals surface area contributed by atoms with Crippen LogP contribution in [0.15, 0.2) is 53.6 Å². The third-order valence-electron chi connectivity index (χ3n) is 4.51. The zero-order chi connectivity index (χ0) is 17.9. The molecule has 0 radical (unpaired) electrons. The summed E-state index contributed by atoms with van der Waals surface area (Å²) in [5, 5.41) is 11.3. The third kappa shape index (κ3) is 2.97. The van der Waals surface area contributed by atoms with Gasteiger partial charge < -0.3 is 4.74 Å². The number of H-pyrrole nitrogens is 1. The molecule has 0 bridgehead atoms. The van der Waals surface area contributed by atoms with Gasteiger partial charge in [-0.3, -0.25) is 9.89 Å². The van der Waals surface area contributed by atoms with E-state index in [4.69, 9.17) is 4.74 Å². The highest BCUT2D eigenvalue weighted by Gasteiger charge is 2.24. The predicted molar refractivity (Wildman–Crippen MR) is 99.5 cm³/mol. The van der Waals surface area contributed by atoms with Crippen molar-refractivity contribution in [3.05, 3.63) is 70.9 Å². The highest BCUT2D eigenvalue weighted by Crippen LogP contribution is 2.33. The van der Waals surface area contributed by atoms with Crippen LogP contribution < -0.4 is 10.2 Å². The van der Waals surface area contributed by atoms with Crippen molar-refractivity contribution in [2.45, 2.75) is 12.8 Å². The molecule has 130 valence electrons. The Balaban J connectivity index is 1.50. The molecular weight excluding hydrogens is 328 g/mol. The molecule has 6 heteroatoms. The largest absolute Gasteiger partial charge is 0.497 e. The summed E-state index contributed by atoms with van der Waals surface area (Å²) in [5.41, 5.74) is 8.06. The molecule has 6 nitrogen and oxygen atoms in total. The second kappa shape index (κ2) is 6.84. The summed E-state index contributed by atoms with van der Waals surface area (Å²) in [4.78, 5) is 12.5. The maximum absolute atomic E-state index is 12.5. The zero-order valence-corrected chi connectivity index (χ0v) is 14.3. The summed E-state index contributed by atoms with van der Waals surface area (Å²) in [5.74, 6) is 0.485. The summed E-state index contributed by atoms with van der Waals surface area (Å²) in [6.45, 7) is 0. The van der Waals surface area contributed by atoms with Crippen molar-refractivity contribution < 1.29 is 9.53 Å². The second-order valence-corrected chi connectivity index (χ2v) is 6.06. The summed E-state index contributed by atoms with van der Waals surface area (Å²) in [7, 11) is 1.62. The Bertz CT molecular complexity index is 974. The Kier molecular flexibility index (Phi) is 4.23. The maximum atomic E-state index is 12.5. The Morgan fingerprint density at radius 1 is 1.19 bits per heavy atom. The molecular formula is C20H18N4O2. The monoisotopic (exact) mass is 346 g/mol. The Morgan fingerprint density at radius 2 is 2.00 bits per heavy atom. The molecule has 1 aliphatic carbocycles. The average molecular weight is 346 g/mol. The van der Waals surface area contributed by atoms with Gasteiger partial charge in [0.05, 0.1) is 19.0 Å². The van der Waals surface area contributed by atoms with E-state index in [9.17, 15) is 4.79 Å². The number of aromatic amines is 1. The van der Waals surface area contributed by atoms with Crippen molar-refractivity contribution in [3.8, 4) is 17.0 Å². The van der Waals surface area contributed by atoms with E-state index in [2.05, 4.69) is 26.8 Å². The van der Waals surface area contributed by atoms with Gasteiger partial charge in [0.25, 0.3) is 5.91 Å². The number of aryl methyl sites for hydroxylation is 1. The summed E-state index contributed by atoms with van der Waals surface area (Å²) in [6.07, 6.45) is 3.28. The molecule has 1 amide bonds. The lowest BCUT2D eigenvalue weighted by atomic mass is 9.89. The van der Waals surface area contributed by atoms with Crippen LogP contribution in [0.2, 0.25) is 0 Å². The van der Waals surface area contributed by atoms with E-state index in [1.165, 1.54) is 5.56 Å². The Hall–Kier alpha value is -3.41. The first-order valence-electron chi connectivity index (χ1n) is 8.39. The van der Waals surface area contributed by atoms with E-state index in [-0.39, 0.29) is 5.91 Å². The van der Waals surface area contributed by atoms with Crippen LogP contribution in [-0.4, -0.2) is 29.4 Å². The van der Waals surface area contributed by atoms with Gasteiger partial charge >= 0.3 is 0 Å². The highest BCUT2D eigenvalue weighted by atomic mass is 16.5. The number of carbonyl (C=O) groups is 1. The number of nitrogens with one attached hydrogen (secondary N) is 2. The molecule has 0 aliphatic heterocycles. The second-order valence-electron chi connectivity index (χ2n) is 6.06. The fourth-order valence-corrected chi connectivity index (χ4v) is 3.16. The number of ether oxygens (including phenoxy) is 1. The molecule has 1 aliphatic rings. The number of hydrogen-bond acceptors (Lipinski definition) is 4. The fraction of sp³-hybridized carbons (Fsp3) is 0.150. The van der Waals surface area contributed by atoms with Crippen LogP contribution in [0.4, 0.5) is 0 Å². The van der Waals surface area contributed by atoms with Gasteiger partial charge in [-0.2, -0.15) is 10.2 Å². The van der Waals surface area contributed by atoms with E-state index >= 15 is 0 Å². The number of hydrogen-bond donors (Lipinski definition) is 2. The van der Waals surface area contributed by atoms with Crippen molar-refractivity contribution in [2.75, 3.05) is 7.11 Å². The molecule has 4 rings (SSSR count). The maximum Gasteiger partial charge on any atom is 0.289 e. The standard InChI is InChI=1S/C20H18N4O2/c1-26-15-9-6-13(7-10-15)12-21-24-20(25)19-17-11-8-14-4-2-3-5-16(14)18(17)22-23-19/h2-7,9-10,12H,8,11H2,1H3,(H,22,23)(H,24,25)/b21-12-. The van der Waals surface area contributed by atoms with Crippen molar-refractivity contribution in [2.24, 2.45) is 5.10 Å². The lowest BCUT2D eigenvalue weighted by molar-refractivity contribution is 0.0949. The van der Waals surface area contributed by atoms with E-state index in [0.717, 1.165) is 41.0 Å². The molecule has 0 unspecified atom stereocenters. The van der Waals surface area contributed by atoms with Gasteiger partial charge in [0.15, 0.2) is 0 Å². The molecule has 2 N–H and O–H groups in total. The summed E-state index contributed by atoms with van der Waals surface area (Å²) < 4.78 is 5.11. The molecule has 1 heterocycles. The van der Waals surface area contributed by atoms with E-state index in [1.54, 1.807) is 13.3 Å². The van der Waals surface area contributed by atoms with Crippen LogP contribution in [0.1, 0.15) is 27.2 Å². The van der Waals surface area contributed by atoms with E-state index in [0.29, 0.717) is 5.69 Å². The molecule has 3 aromatic rings. The van der Waals surface area contributed by atoms with Crippen LogP contribution in [0.5, 0.6) is 5.75 Å². The Labute approximate surface area is 150 Å². The molecule has 0 fully saturated rings. The highest BCUT2D eigenvalue weighted by molar-refractivity contribution is 5.96. The number of carbonyl (C=O) groups excluding carboxylic acids is 1. The first kappa shape index (κ1) is 16.1. The van der Waals surface area contributed by atoms with Gasteiger partial charge in [-0.05, 0) is 48.2 Å². The van der Waals surface area contributed by atoms with E-state index in [1.807, 2.05) is 42.5 Å². The molecule has 0 spiro atoms. The van der Waals surface area contributed by atoms with Crippen molar-refractivity contribution in [1.29, 1.82) is 0 Å². The molecule has 0 saturated heterocycles. The van der Waals surface area contributed by atoms with Gasteiger partial charge in [-0.25, -0.2) is 5.43 Å². The lowest BCUT2D eigenvalue weighted by Gasteiger charge is -2.15. The smallest absolute Gasteiger partial charge is 0.289 e. The van der Waals surface area contributed by atoms with Crippen LogP contribution in [0, 0.1) is 0 Å². The number of hydrazone groups is 1. The zero-order valence-electron chi connectivity index (χ0n) is 14.3. The molecule has 0 atom stereocenters. The minimum atomic E-state index is -0.289. The topological polar surface area (TPSA) is 79.4 Å². The number of nitrogens with zero attached hydrogens (tertiary/aromatic N) is 2. The number of amides is 1.